The fourth-order valence-corrected chi connectivity index (χ4v) is 3.64. The Morgan fingerprint density at radius 3 is 2.43 bits per heavy atom. The number of nitrogens with zero attached hydrogens (tertiary/aromatic N) is 2. The van der Waals surface area contributed by atoms with E-state index in [0.717, 1.165) is 31.5 Å². The smallest absolute Gasteiger partial charge is 0.244 e. The molecule has 160 valence electrons. The topological polar surface area (TPSA) is 78.7 Å². The van der Waals surface area contributed by atoms with Crippen LogP contribution in [0.25, 0.3) is 0 Å². The molecule has 1 aliphatic rings. The Morgan fingerprint density at radius 1 is 1.21 bits per heavy atom. The molecule has 28 heavy (non-hydrogen) atoms. The summed E-state index contributed by atoms with van der Waals surface area (Å²) in [4.78, 5) is 29.7. The zero-order chi connectivity index (χ0) is 18.9. The third-order valence-electron chi connectivity index (χ3n) is 5.07. The maximum absolute atomic E-state index is 13.4. The van der Waals surface area contributed by atoms with Crippen LogP contribution < -0.4 is 11.1 Å². The number of likely N-dealkylation sites (tertiary alicyclic amines) is 1. The molecular formula is C20H34Cl2N4O2. The van der Waals surface area contributed by atoms with Crippen molar-refractivity contribution >= 4 is 36.6 Å². The molecule has 0 aromatic heterocycles. The first-order chi connectivity index (χ1) is 12.6. The van der Waals surface area contributed by atoms with E-state index in [0.29, 0.717) is 26.2 Å². The zero-order valence-electron chi connectivity index (χ0n) is 16.8. The number of nitrogens with one attached hydrogen (secondary N) is 1. The van der Waals surface area contributed by atoms with Crippen LogP contribution in [-0.4, -0.2) is 60.9 Å². The first-order valence-corrected chi connectivity index (χ1v) is 9.67. The number of carbonyl (C=O) groups excluding carboxylic acids is 2. The zero-order valence-corrected chi connectivity index (χ0v) is 18.4. The average Bonchev–Trinajstić information content (AvgIpc) is 2.70. The lowest BCUT2D eigenvalue weighted by Crippen LogP contribution is -2.50. The summed E-state index contributed by atoms with van der Waals surface area (Å²) in [5, 5.41) is 2.86. The van der Waals surface area contributed by atoms with Gasteiger partial charge in [0.05, 0.1) is 5.92 Å². The molecular weight excluding hydrogens is 399 g/mol. The molecule has 1 aromatic carbocycles. The quantitative estimate of drug-likeness (QED) is 0.659. The van der Waals surface area contributed by atoms with Gasteiger partial charge in [-0.2, -0.15) is 0 Å². The van der Waals surface area contributed by atoms with E-state index in [1.165, 1.54) is 0 Å². The number of hydrogen-bond donors (Lipinski definition) is 2. The molecule has 2 unspecified atom stereocenters. The highest BCUT2D eigenvalue weighted by molar-refractivity contribution is 5.86. The van der Waals surface area contributed by atoms with Gasteiger partial charge < -0.3 is 16.0 Å². The second-order valence-electron chi connectivity index (χ2n) is 6.74. The Hall–Kier alpha value is -1.34. The maximum atomic E-state index is 13.4. The lowest BCUT2D eigenvalue weighted by molar-refractivity contribution is -0.140. The van der Waals surface area contributed by atoms with E-state index in [4.69, 9.17) is 5.73 Å². The normalized spacial score (nSPS) is 17.3. The van der Waals surface area contributed by atoms with Gasteiger partial charge in [0.1, 0.15) is 6.04 Å². The van der Waals surface area contributed by atoms with E-state index < -0.39 is 0 Å². The van der Waals surface area contributed by atoms with Crippen LogP contribution >= 0.6 is 24.8 Å². The molecule has 1 heterocycles. The molecule has 0 radical (unpaired) electrons. The van der Waals surface area contributed by atoms with Gasteiger partial charge in [0.2, 0.25) is 11.8 Å². The molecule has 8 heteroatoms. The Labute approximate surface area is 181 Å². The molecule has 1 aliphatic heterocycles. The Balaban J connectivity index is 0.00000364. The Bertz CT molecular complexity index is 585. The van der Waals surface area contributed by atoms with Crippen LogP contribution in [0.5, 0.6) is 0 Å². The van der Waals surface area contributed by atoms with Gasteiger partial charge in [0, 0.05) is 26.2 Å². The summed E-state index contributed by atoms with van der Waals surface area (Å²) in [6.45, 7) is 7.86. The number of nitrogens with two attached hydrogens (primary N) is 1. The van der Waals surface area contributed by atoms with Crippen LogP contribution in [0.2, 0.25) is 0 Å². The Morgan fingerprint density at radius 2 is 1.86 bits per heavy atom. The van der Waals surface area contributed by atoms with Crippen molar-refractivity contribution in [3.05, 3.63) is 35.9 Å². The van der Waals surface area contributed by atoms with Gasteiger partial charge >= 0.3 is 0 Å². The molecule has 0 saturated carbocycles. The fourth-order valence-electron chi connectivity index (χ4n) is 3.64. The third kappa shape index (κ3) is 6.92. The van der Waals surface area contributed by atoms with Crippen LogP contribution in [0.4, 0.5) is 0 Å². The van der Waals surface area contributed by atoms with E-state index in [-0.39, 0.29) is 48.6 Å². The van der Waals surface area contributed by atoms with Crippen molar-refractivity contribution in [3.8, 4) is 0 Å². The standard InChI is InChI=1S/C20H32N4O2.2ClH/c1-3-23(4-2)18(16-9-6-5-7-10-16)20(26)24-14-8-11-17(15-24)19(25)22-13-12-21;;/h5-7,9-10,17-18H,3-4,8,11-15,21H2,1-2H3,(H,22,25);2*1H. The average molecular weight is 433 g/mol. The molecule has 6 nitrogen and oxygen atoms in total. The van der Waals surface area contributed by atoms with Crippen LogP contribution in [0.3, 0.4) is 0 Å². The Kier molecular flexibility index (Phi) is 13.1. The SMILES string of the molecule is CCN(CC)C(C(=O)N1CCCC(C(=O)NCCN)C1)c1ccccc1.Cl.Cl. The third-order valence-corrected chi connectivity index (χ3v) is 5.07. The molecule has 1 aromatic rings. The summed E-state index contributed by atoms with van der Waals surface area (Å²) in [5.74, 6) is -0.0457. The summed E-state index contributed by atoms with van der Waals surface area (Å²) < 4.78 is 0. The minimum Gasteiger partial charge on any atom is -0.355 e. The van der Waals surface area contributed by atoms with E-state index in [1.54, 1.807) is 0 Å². The summed E-state index contributed by atoms with van der Waals surface area (Å²) in [6.07, 6.45) is 1.67. The lowest BCUT2D eigenvalue weighted by atomic mass is 9.95. The molecule has 0 bridgehead atoms. The van der Waals surface area contributed by atoms with Crippen molar-refractivity contribution in [1.29, 1.82) is 0 Å². The van der Waals surface area contributed by atoms with Gasteiger partial charge in [0.15, 0.2) is 0 Å². The van der Waals surface area contributed by atoms with Crippen molar-refractivity contribution in [1.82, 2.24) is 15.1 Å². The van der Waals surface area contributed by atoms with Gasteiger partial charge in [-0.15, -0.1) is 24.8 Å². The first-order valence-electron chi connectivity index (χ1n) is 9.67. The number of hydrogen-bond acceptors (Lipinski definition) is 4. The summed E-state index contributed by atoms with van der Waals surface area (Å²) in [6, 6.07) is 9.63. The van der Waals surface area contributed by atoms with Crippen molar-refractivity contribution < 1.29 is 9.59 Å². The summed E-state index contributed by atoms with van der Waals surface area (Å²) >= 11 is 0. The molecule has 1 saturated heterocycles. The number of halogens is 2. The van der Waals surface area contributed by atoms with E-state index in [2.05, 4.69) is 24.1 Å². The van der Waals surface area contributed by atoms with Gasteiger partial charge in [-0.05, 0) is 31.5 Å². The first kappa shape index (κ1) is 26.7. The maximum Gasteiger partial charge on any atom is 0.244 e. The molecule has 2 atom stereocenters. The predicted molar refractivity (Wildman–Crippen MR) is 118 cm³/mol. The van der Waals surface area contributed by atoms with E-state index in [1.807, 2.05) is 35.2 Å². The molecule has 3 N–H and O–H groups in total. The second kappa shape index (κ2) is 13.8. The largest absolute Gasteiger partial charge is 0.355 e. The fraction of sp³-hybridized carbons (Fsp3) is 0.600. The molecule has 2 amide bonds. The molecule has 0 spiro atoms. The summed E-state index contributed by atoms with van der Waals surface area (Å²) in [7, 11) is 0. The number of likely N-dealkylation sites (N-methyl/N-ethyl adjacent to an activating group) is 1. The van der Waals surface area contributed by atoms with Crippen molar-refractivity contribution in [2.75, 3.05) is 39.3 Å². The predicted octanol–water partition coefficient (Wildman–Crippen LogP) is 2.23. The van der Waals surface area contributed by atoms with E-state index >= 15 is 0 Å². The monoisotopic (exact) mass is 432 g/mol. The molecule has 2 rings (SSSR count). The number of amides is 2. The minimum absolute atomic E-state index is 0. The van der Waals surface area contributed by atoms with Gasteiger partial charge in [-0.25, -0.2) is 0 Å². The van der Waals surface area contributed by atoms with E-state index in [9.17, 15) is 9.59 Å². The van der Waals surface area contributed by atoms with Crippen LogP contribution in [0.15, 0.2) is 30.3 Å². The van der Waals surface area contributed by atoms with Gasteiger partial charge in [-0.1, -0.05) is 44.2 Å². The number of piperidine rings is 1. The minimum atomic E-state index is -0.294. The highest BCUT2D eigenvalue weighted by atomic mass is 35.5. The van der Waals surface area contributed by atoms with Crippen molar-refractivity contribution in [3.63, 3.8) is 0 Å². The highest BCUT2D eigenvalue weighted by Gasteiger charge is 2.34. The number of rotatable bonds is 8. The van der Waals surface area contributed by atoms with Gasteiger partial charge in [0.25, 0.3) is 0 Å². The second-order valence-corrected chi connectivity index (χ2v) is 6.74. The van der Waals surface area contributed by atoms with Crippen LogP contribution in [0.1, 0.15) is 38.3 Å². The number of carbonyl (C=O) groups is 2. The van der Waals surface area contributed by atoms with Crippen molar-refractivity contribution in [2.24, 2.45) is 11.7 Å². The summed E-state index contributed by atoms with van der Waals surface area (Å²) in [5.41, 5.74) is 6.48. The molecule has 0 aliphatic carbocycles. The van der Waals surface area contributed by atoms with Gasteiger partial charge in [-0.3, -0.25) is 14.5 Å². The van der Waals surface area contributed by atoms with Crippen LogP contribution in [0, 0.1) is 5.92 Å². The van der Waals surface area contributed by atoms with Crippen LogP contribution in [-0.2, 0) is 9.59 Å². The van der Waals surface area contributed by atoms with Crippen molar-refractivity contribution in [2.45, 2.75) is 32.7 Å². The highest BCUT2D eigenvalue weighted by Crippen LogP contribution is 2.26. The number of benzene rings is 1. The lowest BCUT2D eigenvalue weighted by Gasteiger charge is -2.37. The molecule has 1 fully saturated rings.